The van der Waals surface area contributed by atoms with E-state index in [2.05, 4.69) is 16.0 Å². The van der Waals surface area contributed by atoms with Gasteiger partial charge in [0.05, 0.1) is 11.6 Å². The Morgan fingerprint density at radius 3 is 2.22 bits per heavy atom. The molecule has 2 aliphatic rings. The Bertz CT molecular complexity index is 1400. The summed E-state index contributed by atoms with van der Waals surface area (Å²) in [7, 11) is -3.72. The molecule has 272 valence electrons. The summed E-state index contributed by atoms with van der Waals surface area (Å²) in [5.74, 6) is -5.00. The smallest absolute Gasteiger partial charge is 0.410 e. The molecule has 1 aromatic carbocycles. The van der Waals surface area contributed by atoms with E-state index in [0.29, 0.717) is 17.7 Å². The van der Waals surface area contributed by atoms with E-state index in [-0.39, 0.29) is 50.7 Å². The molecule has 2 saturated heterocycles. The molecule has 2 heterocycles. The highest BCUT2D eigenvalue weighted by molar-refractivity contribution is 7.52. The minimum atomic E-state index is -5.13. The van der Waals surface area contributed by atoms with Gasteiger partial charge in [-0.15, -0.1) is 0 Å². The summed E-state index contributed by atoms with van der Waals surface area (Å²) < 4.78 is 18.3. The first-order chi connectivity index (χ1) is 23.0. The van der Waals surface area contributed by atoms with Crippen LogP contribution in [0.5, 0.6) is 0 Å². The number of imide groups is 1. The number of likely N-dealkylation sites (N-methyl/N-ethyl adjacent to an activating group) is 1. The van der Waals surface area contributed by atoms with Crippen molar-refractivity contribution in [2.24, 2.45) is 17.8 Å². The second-order valence-electron chi connectivity index (χ2n) is 13.5. The van der Waals surface area contributed by atoms with Crippen molar-refractivity contribution >= 4 is 43.2 Å². The molecule has 0 radical (unpaired) electrons. The molecule has 0 spiro atoms. The van der Waals surface area contributed by atoms with Crippen molar-refractivity contribution in [3.8, 4) is 0 Å². The predicted octanol–water partition coefficient (Wildman–Crippen LogP) is 1.91. The molecule has 0 bridgehead atoms. The normalized spacial score (nSPS) is 20.2. The average molecular weight is 708 g/mol. The van der Waals surface area contributed by atoms with E-state index < -0.39 is 79.5 Å². The van der Waals surface area contributed by atoms with E-state index in [1.54, 1.807) is 26.0 Å². The topological polar surface area (TPSA) is 212 Å². The minimum Gasteiger partial charge on any atom is -0.445 e. The van der Waals surface area contributed by atoms with Crippen LogP contribution in [0.25, 0.3) is 0 Å². The molecule has 2 aliphatic heterocycles. The van der Waals surface area contributed by atoms with Crippen LogP contribution in [-0.4, -0.2) is 99.1 Å². The van der Waals surface area contributed by atoms with E-state index in [1.807, 2.05) is 32.0 Å². The van der Waals surface area contributed by atoms with Gasteiger partial charge in [-0.25, -0.2) is 4.79 Å². The summed E-state index contributed by atoms with van der Waals surface area (Å²) in [6.45, 7) is 6.75. The van der Waals surface area contributed by atoms with E-state index in [4.69, 9.17) is 4.74 Å². The monoisotopic (exact) mass is 707 g/mol. The van der Waals surface area contributed by atoms with Gasteiger partial charge in [0.15, 0.2) is 0 Å². The van der Waals surface area contributed by atoms with Crippen molar-refractivity contribution in [1.29, 1.82) is 0 Å². The number of likely N-dealkylation sites (tertiary alicyclic amines) is 2. The van der Waals surface area contributed by atoms with Crippen LogP contribution in [0, 0.1) is 17.8 Å². The number of amides is 6. The Morgan fingerprint density at radius 2 is 1.63 bits per heavy atom. The molecule has 16 heteroatoms. The summed E-state index contributed by atoms with van der Waals surface area (Å²) >= 11 is 0. The van der Waals surface area contributed by atoms with Gasteiger partial charge in [-0.2, -0.15) is 0 Å². The van der Waals surface area contributed by atoms with Gasteiger partial charge in [0, 0.05) is 26.6 Å². The third-order valence-corrected chi connectivity index (χ3v) is 10.1. The predicted molar refractivity (Wildman–Crippen MR) is 178 cm³/mol. The average Bonchev–Trinajstić information content (AvgIpc) is 3.53. The number of piperidine rings is 1. The van der Waals surface area contributed by atoms with Gasteiger partial charge in [0.1, 0.15) is 24.7 Å². The van der Waals surface area contributed by atoms with E-state index >= 15 is 0 Å². The largest absolute Gasteiger partial charge is 0.445 e. The zero-order valence-electron chi connectivity index (χ0n) is 28.8. The van der Waals surface area contributed by atoms with Gasteiger partial charge in [0.2, 0.25) is 23.6 Å². The molecule has 3 rings (SSSR count). The number of nitrogens with zero attached hydrogens (tertiary/aromatic N) is 2. The maximum absolute atomic E-state index is 13.6. The minimum absolute atomic E-state index is 0.00196. The quantitative estimate of drug-likeness (QED) is 0.132. The van der Waals surface area contributed by atoms with Crippen molar-refractivity contribution in [3.63, 3.8) is 0 Å². The summed E-state index contributed by atoms with van der Waals surface area (Å²) in [5, 5.41) is 7.75. The lowest BCUT2D eigenvalue weighted by atomic mass is 9.91. The van der Waals surface area contributed by atoms with Gasteiger partial charge in [0.25, 0.3) is 5.91 Å². The van der Waals surface area contributed by atoms with E-state index in [9.17, 15) is 43.1 Å². The lowest BCUT2D eigenvalue weighted by Gasteiger charge is -2.36. The maximum Gasteiger partial charge on any atom is 0.410 e. The zero-order chi connectivity index (χ0) is 36.5. The van der Waals surface area contributed by atoms with Crippen LogP contribution >= 0.6 is 7.60 Å². The number of nitrogens with one attached hydrogen (secondary N) is 3. The molecular formula is C33H50N5O10P. The van der Waals surface area contributed by atoms with Crippen LogP contribution in [-0.2, 0) is 39.9 Å². The summed E-state index contributed by atoms with van der Waals surface area (Å²) in [5.41, 5.74) is -0.997. The number of hydrogen-bond acceptors (Lipinski definition) is 8. The Kier molecular flexibility index (Phi) is 14.3. The van der Waals surface area contributed by atoms with Crippen LogP contribution in [0.15, 0.2) is 30.3 Å². The highest BCUT2D eigenvalue weighted by atomic mass is 31.2. The van der Waals surface area contributed by atoms with Crippen LogP contribution in [0.4, 0.5) is 4.79 Å². The summed E-state index contributed by atoms with van der Waals surface area (Å²) in [6, 6.07) is 5.96. The van der Waals surface area contributed by atoms with Crippen LogP contribution < -0.4 is 16.0 Å². The Morgan fingerprint density at radius 1 is 0.980 bits per heavy atom. The highest BCUT2D eigenvalue weighted by Crippen LogP contribution is 2.47. The fourth-order valence-corrected chi connectivity index (χ4v) is 7.35. The number of benzene rings is 1. The fourth-order valence-electron chi connectivity index (χ4n) is 6.25. The van der Waals surface area contributed by atoms with Gasteiger partial charge < -0.3 is 30.5 Å². The second kappa shape index (κ2) is 17.7. The molecule has 0 aromatic heterocycles. The lowest BCUT2D eigenvalue weighted by molar-refractivity contribution is -0.152. The third-order valence-electron chi connectivity index (χ3n) is 8.74. The summed E-state index contributed by atoms with van der Waals surface area (Å²) in [6.07, 6.45) is 0.196. The Hall–Kier alpha value is -3.81. The van der Waals surface area contributed by atoms with Crippen molar-refractivity contribution in [1.82, 2.24) is 25.8 Å². The van der Waals surface area contributed by atoms with Crippen molar-refractivity contribution in [2.45, 2.75) is 96.6 Å². The van der Waals surface area contributed by atoms with Crippen molar-refractivity contribution < 1.29 is 47.9 Å². The molecule has 2 fully saturated rings. The number of hydrogen-bond donors (Lipinski definition) is 5. The van der Waals surface area contributed by atoms with E-state index in [1.165, 1.54) is 11.9 Å². The first-order valence-electron chi connectivity index (χ1n) is 16.7. The molecule has 2 unspecified atom stereocenters. The first-order valence-corrected chi connectivity index (χ1v) is 18.4. The molecule has 6 amide bonds. The molecule has 1 aromatic rings. The SMILES string of the molecule is CNC(=O)[C@H](CC(C)C)NC(=O)C(CC(C)C)C(CN1C(=O)CC[C@@H](NC(=O)[C@@H]2CCCN2C(=O)OCc2ccccc2)C1=O)P(=O)(O)O. The van der Waals surface area contributed by atoms with Crippen molar-refractivity contribution in [3.05, 3.63) is 35.9 Å². The fraction of sp³-hybridized carbons (Fsp3) is 0.636. The highest BCUT2D eigenvalue weighted by Gasteiger charge is 2.47. The lowest BCUT2D eigenvalue weighted by Crippen LogP contribution is -2.59. The third kappa shape index (κ3) is 11.1. The van der Waals surface area contributed by atoms with Crippen molar-refractivity contribution in [2.75, 3.05) is 20.1 Å². The molecule has 5 N–H and O–H groups in total. The zero-order valence-corrected chi connectivity index (χ0v) is 29.7. The maximum atomic E-state index is 13.6. The second-order valence-corrected chi connectivity index (χ2v) is 15.4. The number of ether oxygens (including phenoxy) is 1. The first kappa shape index (κ1) is 39.6. The van der Waals surface area contributed by atoms with Crippen LogP contribution in [0.3, 0.4) is 0 Å². The number of carbonyl (C=O) groups is 6. The number of rotatable bonds is 15. The van der Waals surface area contributed by atoms with Crippen LogP contribution in [0.1, 0.15) is 71.8 Å². The van der Waals surface area contributed by atoms with Gasteiger partial charge >= 0.3 is 13.7 Å². The standard InChI is InChI=1S/C33H50N5O10P/c1-20(2)16-23(29(40)36-25(17-21(3)4)30(41)34-5)27(49(45,46)47)18-38-28(39)14-13-24(32(38)43)35-31(42)26-12-9-15-37(26)33(44)48-19-22-10-7-6-8-11-22/h6-8,10-11,20-21,23-27H,9,12-19H2,1-5H3,(H,34,41)(H,35,42)(H,36,40)(H2,45,46,47)/t23?,24-,25+,26+,27?/m1/s1. The molecule has 0 saturated carbocycles. The Labute approximate surface area is 287 Å². The van der Waals surface area contributed by atoms with Gasteiger partial charge in [-0.1, -0.05) is 58.0 Å². The molecule has 0 aliphatic carbocycles. The number of carbonyl (C=O) groups excluding carboxylic acids is 6. The van der Waals surface area contributed by atoms with Crippen LogP contribution in [0.2, 0.25) is 0 Å². The van der Waals surface area contributed by atoms with Gasteiger partial charge in [-0.3, -0.25) is 38.3 Å². The van der Waals surface area contributed by atoms with E-state index in [0.717, 1.165) is 5.56 Å². The Balaban J connectivity index is 1.76. The molecule has 49 heavy (non-hydrogen) atoms. The molecule has 5 atom stereocenters. The summed E-state index contributed by atoms with van der Waals surface area (Å²) in [4.78, 5) is 102. The molecular weight excluding hydrogens is 657 g/mol. The molecule has 15 nitrogen and oxygen atoms in total. The van der Waals surface area contributed by atoms with Gasteiger partial charge in [-0.05, 0) is 49.5 Å².